The van der Waals surface area contributed by atoms with Crippen molar-refractivity contribution in [1.82, 2.24) is 0 Å². The molecule has 0 saturated heterocycles. The van der Waals surface area contributed by atoms with Gasteiger partial charge in [-0.2, -0.15) is 0 Å². The van der Waals surface area contributed by atoms with Crippen LogP contribution in [0.1, 0.15) is 38.5 Å². The molecule has 1 aromatic rings. The lowest BCUT2D eigenvalue weighted by Crippen LogP contribution is -2.14. The topological polar surface area (TPSA) is 15.3 Å². The van der Waals surface area contributed by atoms with E-state index in [1.54, 1.807) is 0 Å². The zero-order valence-electron chi connectivity index (χ0n) is 11.8. The van der Waals surface area contributed by atoms with E-state index in [-0.39, 0.29) is 0 Å². The number of anilines is 2. The molecule has 2 heteroatoms. The van der Waals surface area contributed by atoms with Gasteiger partial charge in [0.2, 0.25) is 0 Å². The molecule has 1 N–H and O–H groups in total. The second-order valence-corrected chi connectivity index (χ2v) is 5.68. The van der Waals surface area contributed by atoms with Gasteiger partial charge in [0, 0.05) is 32.0 Å². The molecule has 0 bridgehead atoms. The fourth-order valence-electron chi connectivity index (χ4n) is 2.71. The Morgan fingerprint density at radius 1 is 1.00 bits per heavy atom. The number of benzene rings is 1. The molecule has 1 aliphatic carbocycles. The van der Waals surface area contributed by atoms with Crippen LogP contribution in [0, 0.1) is 5.92 Å². The summed E-state index contributed by atoms with van der Waals surface area (Å²) in [5, 5.41) is 3.59. The van der Waals surface area contributed by atoms with E-state index >= 15 is 0 Å². The second kappa shape index (κ2) is 6.67. The molecule has 0 aliphatic heterocycles. The van der Waals surface area contributed by atoms with E-state index in [1.165, 1.54) is 49.9 Å². The molecular formula is C16H26N2. The first kappa shape index (κ1) is 13.3. The molecule has 0 aromatic heterocycles. The smallest absolute Gasteiger partial charge is 0.0362 e. The van der Waals surface area contributed by atoms with Crippen LogP contribution < -0.4 is 10.2 Å². The molecule has 0 spiro atoms. The lowest BCUT2D eigenvalue weighted by Gasteiger charge is -2.17. The molecule has 0 unspecified atom stereocenters. The quantitative estimate of drug-likeness (QED) is 0.803. The number of nitrogens with zero attached hydrogens (tertiary/aromatic N) is 1. The highest BCUT2D eigenvalue weighted by molar-refractivity contribution is 5.54. The molecule has 100 valence electrons. The molecule has 1 fully saturated rings. The maximum absolute atomic E-state index is 3.59. The lowest BCUT2D eigenvalue weighted by atomic mass is 10.0. The highest BCUT2D eigenvalue weighted by Crippen LogP contribution is 2.23. The van der Waals surface area contributed by atoms with Crippen molar-refractivity contribution in [1.29, 1.82) is 0 Å². The van der Waals surface area contributed by atoms with E-state index in [2.05, 4.69) is 48.6 Å². The Kier molecular flexibility index (Phi) is 4.91. The van der Waals surface area contributed by atoms with Crippen molar-refractivity contribution >= 4 is 11.4 Å². The first-order valence-corrected chi connectivity index (χ1v) is 7.27. The highest BCUT2D eigenvalue weighted by Gasteiger charge is 2.11. The zero-order chi connectivity index (χ0) is 12.8. The van der Waals surface area contributed by atoms with Gasteiger partial charge in [0.05, 0.1) is 0 Å². The number of nitrogens with one attached hydrogen (secondary N) is 1. The van der Waals surface area contributed by atoms with E-state index in [9.17, 15) is 0 Å². The average molecular weight is 246 g/mol. The summed E-state index contributed by atoms with van der Waals surface area (Å²) in [5.74, 6) is 0.876. The van der Waals surface area contributed by atoms with Crippen molar-refractivity contribution in [2.24, 2.45) is 5.92 Å². The molecule has 18 heavy (non-hydrogen) atoms. The van der Waals surface area contributed by atoms with Gasteiger partial charge in [0.15, 0.2) is 0 Å². The van der Waals surface area contributed by atoms with Crippen LogP contribution in [0.5, 0.6) is 0 Å². The maximum Gasteiger partial charge on any atom is 0.0362 e. The zero-order valence-corrected chi connectivity index (χ0v) is 11.8. The van der Waals surface area contributed by atoms with E-state index in [0.717, 1.165) is 12.5 Å². The summed E-state index contributed by atoms with van der Waals surface area (Å²) in [7, 11) is 4.15. The summed E-state index contributed by atoms with van der Waals surface area (Å²) in [5.41, 5.74) is 2.51. The summed E-state index contributed by atoms with van der Waals surface area (Å²) in [4.78, 5) is 2.13. The summed E-state index contributed by atoms with van der Waals surface area (Å²) >= 11 is 0. The molecule has 1 saturated carbocycles. The molecule has 1 aromatic carbocycles. The Balaban J connectivity index is 1.81. The third-order valence-corrected chi connectivity index (χ3v) is 3.95. The van der Waals surface area contributed by atoms with Gasteiger partial charge in [-0.05, 0) is 43.0 Å². The normalized spacial score (nSPS) is 17.2. The molecule has 0 amide bonds. The Morgan fingerprint density at radius 2 is 1.61 bits per heavy atom. The van der Waals surface area contributed by atoms with Gasteiger partial charge >= 0.3 is 0 Å². The van der Waals surface area contributed by atoms with Gasteiger partial charge in [0.1, 0.15) is 0 Å². The van der Waals surface area contributed by atoms with Crippen molar-refractivity contribution in [3.05, 3.63) is 24.3 Å². The monoisotopic (exact) mass is 246 g/mol. The van der Waals surface area contributed by atoms with Gasteiger partial charge in [-0.15, -0.1) is 0 Å². The summed E-state index contributed by atoms with van der Waals surface area (Å²) in [6.45, 7) is 1.14. The van der Waals surface area contributed by atoms with Crippen LogP contribution >= 0.6 is 0 Å². The standard InChI is InChI=1S/C16H26N2/c1-18(2)16-11-9-15(10-12-16)17-13-14-7-5-3-4-6-8-14/h9-12,14,17H,3-8,13H2,1-2H3. The van der Waals surface area contributed by atoms with Crippen molar-refractivity contribution in [2.45, 2.75) is 38.5 Å². The minimum atomic E-state index is 0.876. The van der Waals surface area contributed by atoms with Crippen LogP contribution in [-0.2, 0) is 0 Å². The molecule has 1 aliphatic rings. The summed E-state index contributed by atoms with van der Waals surface area (Å²) < 4.78 is 0. The Bertz CT molecular complexity index is 335. The maximum atomic E-state index is 3.59. The number of hydrogen-bond acceptors (Lipinski definition) is 2. The SMILES string of the molecule is CN(C)c1ccc(NCC2CCCCCC2)cc1. The fourth-order valence-corrected chi connectivity index (χ4v) is 2.71. The van der Waals surface area contributed by atoms with Gasteiger partial charge in [-0.3, -0.25) is 0 Å². The first-order chi connectivity index (χ1) is 8.75. The average Bonchev–Trinajstić information content (AvgIpc) is 2.65. The largest absolute Gasteiger partial charge is 0.385 e. The number of hydrogen-bond donors (Lipinski definition) is 1. The minimum absolute atomic E-state index is 0.876. The predicted molar refractivity (Wildman–Crippen MR) is 80.5 cm³/mol. The first-order valence-electron chi connectivity index (χ1n) is 7.27. The van der Waals surface area contributed by atoms with Crippen LogP contribution in [0.4, 0.5) is 11.4 Å². The van der Waals surface area contributed by atoms with E-state index < -0.39 is 0 Å². The summed E-state index contributed by atoms with van der Waals surface area (Å²) in [6, 6.07) is 8.73. The van der Waals surface area contributed by atoms with Crippen molar-refractivity contribution in [3.63, 3.8) is 0 Å². The minimum Gasteiger partial charge on any atom is -0.385 e. The third kappa shape index (κ3) is 3.94. The molecule has 0 atom stereocenters. The van der Waals surface area contributed by atoms with E-state index in [1.807, 2.05) is 0 Å². The molecule has 0 heterocycles. The van der Waals surface area contributed by atoms with Crippen LogP contribution in [0.2, 0.25) is 0 Å². The molecule has 0 radical (unpaired) electrons. The van der Waals surface area contributed by atoms with Crippen LogP contribution in [0.3, 0.4) is 0 Å². The molecule has 2 rings (SSSR count). The summed E-state index contributed by atoms with van der Waals surface area (Å²) in [6.07, 6.45) is 8.53. The van der Waals surface area contributed by atoms with E-state index in [4.69, 9.17) is 0 Å². The Morgan fingerprint density at radius 3 is 2.17 bits per heavy atom. The second-order valence-electron chi connectivity index (χ2n) is 5.68. The van der Waals surface area contributed by atoms with Crippen LogP contribution in [0.25, 0.3) is 0 Å². The molecular weight excluding hydrogens is 220 g/mol. The third-order valence-electron chi connectivity index (χ3n) is 3.95. The van der Waals surface area contributed by atoms with Gasteiger partial charge in [-0.25, -0.2) is 0 Å². The predicted octanol–water partition coefficient (Wildman–Crippen LogP) is 4.13. The van der Waals surface area contributed by atoms with Crippen LogP contribution in [0.15, 0.2) is 24.3 Å². The van der Waals surface area contributed by atoms with Gasteiger partial charge in [0.25, 0.3) is 0 Å². The lowest BCUT2D eigenvalue weighted by molar-refractivity contribution is 0.483. The van der Waals surface area contributed by atoms with Crippen molar-refractivity contribution in [2.75, 3.05) is 30.9 Å². The van der Waals surface area contributed by atoms with Crippen molar-refractivity contribution in [3.8, 4) is 0 Å². The fraction of sp³-hybridized carbons (Fsp3) is 0.625. The molecule has 2 nitrogen and oxygen atoms in total. The van der Waals surface area contributed by atoms with Gasteiger partial charge in [-0.1, -0.05) is 25.7 Å². The van der Waals surface area contributed by atoms with Crippen molar-refractivity contribution < 1.29 is 0 Å². The Hall–Kier alpha value is -1.18. The van der Waals surface area contributed by atoms with Gasteiger partial charge < -0.3 is 10.2 Å². The Labute approximate surface area is 111 Å². The number of rotatable bonds is 4. The van der Waals surface area contributed by atoms with Crippen LogP contribution in [-0.4, -0.2) is 20.6 Å². The highest BCUT2D eigenvalue weighted by atomic mass is 15.1. The van der Waals surface area contributed by atoms with E-state index in [0.29, 0.717) is 0 Å².